The number of ether oxygens (including phenoxy) is 1. The first-order chi connectivity index (χ1) is 12.5. The van der Waals surface area contributed by atoms with E-state index in [9.17, 15) is 12.8 Å². The van der Waals surface area contributed by atoms with E-state index in [2.05, 4.69) is 4.90 Å². The molecule has 4 nitrogen and oxygen atoms in total. The Labute approximate surface area is 153 Å². The molecule has 1 atom stereocenters. The molecule has 1 saturated carbocycles. The van der Waals surface area contributed by atoms with E-state index in [-0.39, 0.29) is 17.6 Å². The summed E-state index contributed by atoms with van der Waals surface area (Å²) in [5, 5.41) is 0. The van der Waals surface area contributed by atoms with Gasteiger partial charge in [0.05, 0.1) is 11.5 Å². The molecule has 0 radical (unpaired) electrons. The molecule has 1 heterocycles. The summed E-state index contributed by atoms with van der Waals surface area (Å²) < 4.78 is 42.5. The number of hydrogen-bond donors (Lipinski definition) is 0. The maximum Gasteiger partial charge on any atom is 0.151 e. The summed E-state index contributed by atoms with van der Waals surface area (Å²) in [7, 11) is -2.88. The lowest BCUT2D eigenvalue weighted by atomic mass is 10.1. The lowest BCUT2D eigenvalue weighted by molar-refractivity contribution is 0.193. The first-order valence-electron chi connectivity index (χ1n) is 8.97. The first-order valence-corrected chi connectivity index (χ1v) is 10.8. The third kappa shape index (κ3) is 4.24. The van der Waals surface area contributed by atoms with Gasteiger partial charge in [0.2, 0.25) is 0 Å². The zero-order chi connectivity index (χ0) is 18.1. The normalized spacial score (nSPS) is 21.8. The van der Waals surface area contributed by atoms with E-state index in [1.807, 2.05) is 24.3 Å². The predicted molar refractivity (Wildman–Crippen MR) is 98.5 cm³/mol. The number of sulfone groups is 1. The van der Waals surface area contributed by atoms with E-state index in [0.717, 1.165) is 31.4 Å². The summed E-state index contributed by atoms with van der Waals surface area (Å²) in [6.07, 6.45) is 3.04. The second-order valence-corrected chi connectivity index (χ2v) is 9.39. The highest BCUT2D eigenvalue weighted by molar-refractivity contribution is 7.91. The van der Waals surface area contributed by atoms with Crippen LogP contribution < -0.4 is 4.74 Å². The van der Waals surface area contributed by atoms with Crippen molar-refractivity contribution in [3.05, 3.63) is 59.9 Å². The minimum Gasteiger partial charge on any atom is -0.457 e. The van der Waals surface area contributed by atoms with E-state index in [0.29, 0.717) is 23.3 Å². The largest absolute Gasteiger partial charge is 0.457 e. The second kappa shape index (κ2) is 7.00. The van der Waals surface area contributed by atoms with Crippen molar-refractivity contribution < 1.29 is 17.5 Å². The fourth-order valence-electron chi connectivity index (χ4n) is 3.54. The molecule has 0 spiro atoms. The topological polar surface area (TPSA) is 46.6 Å². The quantitative estimate of drug-likeness (QED) is 0.771. The van der Waals surface area contributed by atoms with Gasteiger partial charge in [0, 0.05) is 24.7 Å². The second-order valence-electron chi connectivity index (χ2n) is 7.16. The van der Waals surface area contributed by atoms with E-state index in [1.54, 1.807) is 12.1 Å². The van der Waals surface area contributed by atoms with Gasteiger partial charge in [-0.25, -0.2) is 12.8 Å². The highest BCUT2D eigenvalue weighted by Crippen LogP contribution is 2.34. The summed E-state index contributed by atoms with van der Waals surface area (Å²) in [4.78, 5) is 2.35. The molecule has 0 aromatic heterocycles. The van der Waals surface area contributed by atoms with Crippen LogP contribution in [0.25, 0.3) is 0 Å². The van der Waals surface area contributed by atoms with Crippen LogP contribution in [0.3, 0.4) is 0 Å². The Balaban J connectivity index is 1.43. The summed E-state index contributed by atoms with van der Waals surface area (Å²) in [5.74, 6) is 1.38. The Hall–Kier alpha value is -1.92. The molecule has 1 unspecified atom stereocenters. The number of rotatable bonds is 6. The maximum absolute atomic E-state index is 13.2. The minimum atomic E-state index is -2.88. The molecule has 1 saturated heterocycles. The van der Waals surface area contributed by atoms with Crippen molar-refractivity contribution in [2.24, 2.45) is 0 Å². The van der Waals surface area contributed by atoms with Gasteiger partial charge in [-0.05, 0) is 49.1 Å². The molecule has 0 amide bonds. The molecule has 1 aliphatic heterocycles. The standard InChI is InChI=1S/C20H22FNO3S/c21-16-2-1-3-20(12-16)25-19-8-4-15(5-9-19)13-22(17-6-7-17)18-10-11-26(23,24)14-18/h1-5,8-9,12,17-18H,6-7,10-11,13-14H2. The van der Waals surface area contributed by atoms with Gasteiger partial charge in [0.1, 0.15) is 17.3 Å². The van der Waals surface area contributed by atoms with Gasteiger partial charge in [-0.1, -0.05) is 18.2 Å². The van der Waals surface area contributed by atoms with Crippen LogP contribution in [0.4, 0.5) is 4.39 Å². The predicted octanol–water partition coefficient (Wildman–Crippen LogP) is 3.77. The monoisotopic (exact) mass is 375 g/mol. The lowest BCUT2D eigenvalue weighted by Crippen LogP contribution is -2.37. The van der Waals surface area contributed by atoms with Crippen LogP contribution in [0, 0.1) is 5.82 Å². The van der Waals surface area contributed by atoms with Crippen LogP contribution in [0.2, 0.25) is 0 Å². The molecule has 6 heteroatoms. The van der Waals surface area contributed by atoms with Crippen molar-refractivity contribution in [3.8, 4) is 11.5 Å². The molecule has 138 valence electrons. The molecular formula is C20H22FNO3S. The Morgan fingerprint density at radius 1 is 1.00 bits per heavy atom. The van der Waals surface area contributed by atoms with Gasteiger partial charge in [0.25, 0.3) is 0 Å². The molecule has 0 N–H and O–H groups in total. The average Bonchev–Trinajstić information content (AvgIpc) is 3.37. The van der Waals surface area contributed by atoms with Crippen molar-refractivity contribution in [2.45, 2.75) is 37.9 Å². The molecule has 2 aromatic rings. The Morgan fingerprint density at radius 2 is 1.77 bits per heavy atom. The molecule has 0 bridgehead atoms. The van der Waals surface area contributed by atoms with Crippen molar-refractivity contribution in [2.75, 3.05) is 11.5 Å². The molecule has 4 rings (SSSR count). The zero-order valence-corrected chi connectivity index (χ0v) is 15.3. The maximum atomic E-state index is 13.2. The number of nitrogens with zero attached hydrogens (tertiary/aromatic N) is 1. The number of benzene rings is 2. The van der Waals surface area contributed by atoms with Crippen LogP contribution >= 0.6 is 0 Å². The summed E-state index contributed by atoms with van der Waals surface area (Å²) in [6.45, 7) is 0.755. The third-order valence-electron chi connectivity index (χ3n) is 5.01. The van der Waals surface area contributed by atoms with Gasteiger partial charge < -0.3 is 4.74 Å². The number of hydrogen-bond acceptors (Lipinski definition) is 4. The van der Waals surface area contributed by atoms with Crippen LogP contribution in [-0.4, -0.2) is 36.9 Å². The summed E-state index contributed by atoms with van der Waals surface area (Å²) >= 11 is 0. The van der Waals surface area contributed by atoms with E-state index in [4.69, 9.17) is 4.74 Å². The minimum absolute atomic E-state index is 0.135. The van der Waals surface area contributed by atoms with Crippen LogP contribution in [-0.2, 0) is 16.4 Å². The van der Waals surface area contributed by atoms with Crippen molar-refractivity contribution >= 4 is 9.84 Å². The summed E-state index contributed by atoms with van der Waals surface area (Å²) in [5.41, 5.74) is 1.13. The van der Waals surface area contributed by atoms with Crippen LogP contribution in [0.5, 0.6) is 11.5 Å². The molecule has 2 aromatic carbocycles. The number of halogens is 1. The molecule has 26 heavy (non-hydrogen) atoms. The third-order valence-corrected chi connectivity index (χ3v) is 6.76. The molecule has 2 aliphatic rings. The SMILES string of the molecule is O=S1(=O)CCC(N(Cc2ccc(Oc3cccc(F)c3)cc2)C2CC2)C1. The first kappa shape index (κ1) is 17.5. The fourth-order valence-corrected chi connectivity index (χ4v) is 5.28. The van der Waals surface area contributed by atoms with E-state index >= 15 is 0 Å². The van der Waals surface area contributed by atoms with Gasteiger partial charge in [-0.2, -0.15) is 0 Å². The Morgan fingerprint density at radius 3 is 2.38 bits per heavy atom. The van der Waals surface area contributed by atoms with E-state index in [1.165, 1.54) is 12.1 Å². The average molecular weight is 375 g/mol. The highest BCUT2D eigenvalue weighted by Gasteiger charge is 2.39. The van der Waals surface area contributed by atoms with Crippen LogP contribution in [0.1, 0.15) is 24.8 Å². The van der Waals surface area contributed by atoms with Crippen LogP contribution in [0.15, 0.2) is 48.5 Å². The Bertz CT molecular complexity index is 878. The summed E-state index contributed by atoms with van der Waals surface area (Å²) in [6, 6.07) is 14.4. The van der Waals surface area contributed by atoms with Gasteiger partial charge in [-0.3, -0.25) is 4.90 Å². The van der Waals surface area contributed by atoms with E-state index < -0.39 is 9.84 Å². The van der Waals surface area contributed by atoms with Crippen molar-refractivity contribution in [1.82, 2.24) is 4.90 Å². The highest BCUT2D eigenvalue weighted by atomic mass is 32.2. The molecule has 2 fully saturated rings. The zero-order valence-electron chi connectivity index (χ0n) is 14.5. The van der Waals surface area contributed by atoms with Gasteiger partial charge >= 0.3 is 0 Å². The van der Waals surface area contributed by atoms with Crippen molar-refractivity contribution in [1.29, 1.82) is 0 Å². The Kier molecular flexibility index (Phi) is 4.71. The van der Waals surface area contributed by atoms with Gasteiger partial charge in [-0.15, -0.1) is 0 Å². The lowest BCUT2D eigenvalue weighted by Gasteiger charge is -2.28. The molecule has 1 aliphatic carbocycles. The van der Waals surface area contributed by atoms with Gasteiger partial charge in [0.15, 0.2) is 9.84 Å². The fraction of sp³-hybridized carbons (Fsp3) is 0.400. The smallest absolute Gasteiger partial charge is 0.151 e. The van der Waals surface area contributed by atoms with Crippen molar-refractivity contribution in [3.63, 3.8) is 0 Å². The molecular weight excluding hydrogens is 353 g/mol.